The van der Waals surface area contributed by atoms with Crippen molar-refractivity contribution in [1.82, 2.24) is 9.97 Å². The van der Waals surface area contributed by atoms with Crippen LogP contribution in [0.2, 0.25) is 0 Å². The minimum absolute atomic E-state index is 0.239. The van der Waals surface area contributed by atoms with E-state index in [0.717, 1.165) is 21.9 Å². The Morgan fingerprint density at radius 1 is 1.56 bits per heavy atom. The van der Waals surface area contributed by atoms with Crippen molar-refractivity contribution < 1.29 is 9.90 Å². The van der Waals surface area contributed by atoms with Crippen molar-refractivity contribution >= 4 is 33.8 Å². The van der Waals surface area contributed by atoms with E-state index in [1.54, 1.807) is 16.8 Å². The summed E-state index contributed by atoms with van der Waals surface area (Å²) in [6.45, 7) is 2.57. The lowest BCUT2D eigenvalue weighted by molar-refractivity contribution is 0.0702. The summed E-state index contributed by atoms with van der Waals surface area (Å²) in [7, 11) is 0. The quantitative estimate of drug-likeness (QED) is 0.876. The Bertz CT molecular complexity index is 506. The van der Waals surface area contributed by atoms with Crippen LogP contribution in [0.25, 0.3) is 0 Å². The number of thiazole rings is 2. The molecule has 2 N–H and O–H groups in total. The molecule has 0 saturated heterocycles. The third kappa shape index (κ3) is 2.37. The molecule has 0 bridgehead atoms. The number of rotatable bonds is 4. The molecular formula is C9H9N3O2S2. The van der Waals surface area contributed by atoms with E-state index in [9.17, 15) is 4.79 Å². The number of carboxylic acid groups (broad SMARTS) is 1. The van der Waals surface area contributed by atoms with Crippen LogP contribution in [0.1, 0.15) is 20.2 Å². The van der Waals surface area contributed by atoms with Crippen LogP contribution < -0.4 is 5.32 Å². The zero-order valence-corrected chi connectivity index (χ0v) is 10.1. The summed E-state index contributed by atoms with van der Waals surface area (Å²) < 4.78 is 0. The van der Waals surface area contributed by atoms with Crippen LogP contribution in [0.5, 0.6) is 0 Å². The fourth-order valence-electron chi connectivity index (χ4n) is 1.11. The summed E-state index contributed by atoms with van der Waals surface area (Å²) in [4.78, 5) is 20.1. The van der Waals surface area contributed by atoms with Gasteiger partial charge in [0.25, 0.3) is 0 Å². The number of aromatic carboxylic acids is 1. The molecule has 0 aromatic carbocycles. The monoisotopic (exact) mass is 255 g/mol. The van der Waals surface area contributed by atoms with Crippen LogP contribution in [0.4, 0.5) is 5.13 Å². The van der Waals surface area contributed by atoms with Gasteiger partial charge in [0.05, 0.1) is 23.9 Å². The van der Waals surface area contributed by atoms with Gasteiger partial charge in [-0.1, -0.05) is 11.3 Å². The molecule has 0 saturated carbocycles. The van der Waals surface area contributed by atoms with Crippen LogP contribution >= 0.6 is 22.7 Å². The van der Waals surface area contributed by atoms with Gasteiger partial charge in [-0.3, -0.25) is 0 Å². The number of anilines is 1. The van der Waals surface area contributed by atoms with Gasteiger partial charge in [0.2, 0.25) is 0 Å². The average molecular weight is 255 g/mol. The average Bonchev–Trinajstić information content (AvgIpc) is 2.83. The number of aryl methyl sites for hydroxylation is 1. The number of nitrogens with one attached hydrogen (secondary N) is 1. The Morgan fingerprint density at radius 2 is 2.38 bits per heavy atom. The van der Waals surface area contributed by atoms with Gasteiger partial charge in [-0.15, -0.1) is 11.3 Å². The van der Waals surface area contributed by atoms with Crippen molar-refractivity contribution in [3.05, 3.63) is 27.2 Å². The van der Waals surface area contributed by atoms with E-state index in [4.69, 9.17) is 5.11 Å². The van der Waals surface area contributed by atoms with E-state index in [2.05, 4.69) is 15.3 Å². The maximum Gasteiger partial charge on any atom is 0.347 e. The lowest BCUT2D eigenvalue weighted by atomic mass is 10.4. The molecule has 0 aliphatic rings. The van der Waals surface area contributed by atoms with Crippen molar-refractivity contribution in [3.63, 3.8) is 0 Å². The van der Waals surface area contributed by atoms with E-state index in [-0.39, 0.29) is 4.88 Å². The maximum absolute atomic E-state index is 10.6. The van der Waals surface area contributed by atoms with Crippen LogP contribution in [-0.2, 0) is 6.54 Å². The van der Waals surface area contributed by atoms with E-state index in [1.165, 1.54) is 6.20 Å². The minimum Gasteiger partial charge on any atom is -0.477 e. The molecule has 0 spiro atoms. The third-order valence-corrected chi connectivity index (χ3v) is 3.84. The van der Waals surface area contributed by atoms with E-state index in [1.807, 2.05) is 6.92 Å². The largest absolute Gasteiger partial charge is 0.477 e. The zero-order valence-electron chi connectivity index (χ0n) is 8.43. The highest BCUT2D eigenvalue weighted by Gasteiger charge is 2.08. The fourth-order valence-corrected chi connectivity index (χ4v) is 2.47. The second-order valence-corrected chi connectivity index (χ2v) is 5.02. The highest BCUT2D eigenvalue weighted by Crippen LogP contribution is 2.20. The molecule has 5 nitrogen and oxygen atoms in total. The predicted octanol–water partition coefficient (Wildman–Crippen LogP) is 2.22. The standard InChI is InChI=1S/C9H9N3O2S2/c1-5-6(15-4-12-5)2-10-9-11-3-7(16-9)8(13)14/h3-4H,2H2,1H3,(H,10,11)(H,13,14). The molecule has 2 aromatic heterocycles. The molecule has 0 radical (unpaired) electrons. The summed E-state index contributed by atoms with van der Waals surface area (Å²) in [5.74, 6) is -0.945. The number of hydrogen-bond acceptors (Lipinski definition) is 6. The summed E-state index contributed by atoms with van der Waals surface area (Å²) in [6, 6.07) is 0. The molecular weight excluding hydrogens is 246 g/mol. The lowest BCUT2D eigenvalue weighted by Gasteiger charge is -1.99. The molecule has 0 unspecified atom stereocenters. The van der Waals surface area contributed by atoms with Gasteiger partial charge in [0, 0.05) is 4.88 Å². The summed E-state index contributed by atoms with van der Waals surface area (Å²) >= 11 is 2.70. The summed E-state index contributed by atoms with van der Waals surface area (Å²) in [6.07, 6.45) is 1.36. The molecule has 84 valence electrons. The van der Waals surface area contributed by atoms with E-state index in [0.29, 0.717) is 11.7 Å². The van der Waals surface area contributed by atoms with Crippen LogP contribution in [0.3, 0.4) is 0 Å². The molecule has 2 aromatic rings. The first-order valence-corrected chi connectivity index (χ1v) is 6.18. The van der Waals surface area contributed by atoms with E-state index < -0.39 is 5.97 Å². The number of carboxylic acids is 1. The highest BCUT2D eigenvalue weighted by molar-refractivity contribution is 7.17. The number of carbonyl (C=O) groups is 1. The van der Waals surface area contributed by atoms with Crippen LogP contribution in [-0.4, -0.2) is 21.0 Å². The Labute approximate surface area is 99.8 Å². The number of nitrogens with zero attached hydrogens (tertiary/aromatic N) is 2. The number of hydrogen-bond donors (Lipinski definition) is 2. The van der Waals surface area contributed by atoms with Crippen molar-refractivity contribution in [2.75, 3.05) is 5.32 Å². The molecule has 0 fully saturated rings. The molecule has 2 rings (SSSR count). The van der Waals surface area contributed by atoms with Gasteiger partial charge in [0.15, 0.2) is 5.13 Å². The van der Waals surface area contributed by atoms with Gasteiger partial charge >= 0.3 is 5.97 Å². The van der Waals surface area contributed by atoms with Gasteiger partial charge in [-0.25, -0.2) is 14.8 Å². The van der Waals surface area contributed by atoms with Gasteiger partial charge in [-0.2, -0.15) is 0 Å². The third-order valence-electron chi connectivity index (χ3n) is 1.96. The molecule has 2 heterocycles. The van der Waals surface area contributed by atoms with Gasteiger partial charge in [-0.05, 0) is 6.92 Å². The fraction of sp³-hybridized carbons (Fsp3) is 0.222. The number of aromatic nitrogens is 2. The summed E-state index contributed by atoms with van der Waals surface area (Å²) in [5, 5.41) is 12.4. The second kappa shape index (κ2) is 4.58. The van der Waals surface area contributed by atoms with Crippen LogP contribution in [0, 0.1) is 6.92 Å². The zero-order chi connectivity index (χ0) is 11.5. The smallest absolute Gasteiger partial charge is 0.347 e. The van der Waals surface area contributed by atoms with Crippen molar-refractivity contribution in [2.45, 2.75) is 13.5 Å². The first-order valence-electron chi connectivity index (χ1n) is 4.49. The second-order valence-electron chi connectivity index (χ2n) is 3.05. The first-order chi connectivity index (χ1) is 7.66. The predicted molar refractivity (Wildman–Crippen MR) is 63.3 cm³/mol. The van der Waals surface area contributed by atoms with Gasteiger partial charge < -0.3 is 10.4 Å². The SMILES string of the molecule is Cc1ncsc1CNc1ncc(C(=O)O)s1. The Morgan fingerprint density at radius 3 is 2.94 bits per heavy atom. The van der Waals surface area contributed by atoms with Crippen molar-refractivity contribution in [1.29, 1.82) is 0 Å². The Balaban J connectivity index is 2.00. The Hall–Kier alpha value is -1.47. The van der Waals surface area contributed by atoms with Crippen molar-refractivity contribution in [2.24, 2.45) is 0 Å². The molecule has 0 atom stereocenters. The minimum atomic E-state index is -0.945. The van der Waals surface area contributed by atoms with E-state index >= 15 is 0 Å². The molecule has 7 heteroatoms. The molecule has 16 heavy (non-hydrogen) atoms. The van der Waals surface area contributed by atoms with Gasteiger partial charge in [0.1, 0.15) is 4.88 Å². The normalized spacial score (nSPS) is 10.3. The first kappa shape index (κ1) is 11.0. The molecule has 0 aliphatic heterocycles. The van der Waals surface area contributed by atoms with Crippen LogP contribution in [0.15, 0.2) is 11.7 Å². The van der Waals surface area contributed by atoms with Crippen molar-refractivity contribution in [3.8, 4) is 0 Å². The molecule has 0 amide bonds. The Kier molecular flexibility index (Phi) is 3.16. The lowest BCUT2D eigenvalue weighted by Crippen LogP contribution is -1.98. The topological polar surface area (TPSA) is 75.1 Å². The summed E-state index contributed by atoms with van der Waals surface area (Å²) in [5.41, 5.74) is 2.78. The molecule has 0 aliphatic carbocycles. The maximum atomic E-state index is 10.6. The highest BCUT2D eigenvalue weighted by atomic mass is 32.1.